The van der Waals surface area contributed by atoms with Crippen LogP contribution in [0.25, 0.3) is 0 Å². The summed E-state index contributed by atoms with van der Waals surface area (Å²) in [6.45, 7) is 1.52. The van der Waals surface area contributed by atoms with Crippen molar-refractivity contribution in [3.05, 3.63) is 0 Å². The van der Waals surface area contributed by atoms with E-state index in [-0.39, 0.29) is 6.42 Å². The van der Waals surface area contributed by atoms with Gasteiger partial charge in [-0.25, -0.2) is 0 Å². The van der Waals surface area contributed by atoms with E-state index in [1.54, 1.807) is 6.07 Å². The molecule has 0 spiro atoms. The molecular weight excluding hydrogens is 146 g/mol. The van der Waals surface area contributed by atoms with Gasteiger partial charge in [-0.1, -0.05) is 0 Å². The standard InChI is InChI=1S/C7H11NO3/c1-5(7(10)11-2)6(9)3-4-8/h5-6,9H,3H2,1-2H3. The van der Waals surface area contributed by atoms with E-state index >= 15 is 0 Å². The van der Waals surface area contributed by atoms with Gasteiger partial charge in [0.2, 0.25) is 0 Å². The van der Waals surface area contributed by atoms with Gasteiger partial charge in [-0.2, -0.15) is 5.26 Å². The summed E-state index contributed by atoms with van der Waals surface area (Å²) in [5.74, 6) is -1.12. The lowest BCUT2D eigenvalue weighted by Crippen LogP contribution is -2.26. The van der Waals surface area contributed by atoms with Gasteiger partial charge in [0, 0.05) is 0 Å². The lowest BCUT2D eigenvalue weighted by Gasteiger charge is -2.12. The van der Waals surface area contributed by atoms with Crippen molar-refractivity contribution in [3.63, 3.8) is 0 Å². The smallest absolute Gasteiger partial charge is 0.311 e. The summed E-state index contributed by atoms with van der Waals surface area (Å²) >= 11 is 0. The van der Waals surface area contributed by atoms with Crippen LogP contribution in [0.1, 0.15) is 13.3 Å². The molecule has 0 aliphatic rings. The molecule has 1 N–H and O–H groups in total. The first-order valence-corrected chi connectivity index (χ1v) is 3.26. The molecule has 2 unspecified atom stereocenters. The fraction of sp³-hybridized carbons (Fsp3) is 0.714. The molecule has 0 heterocycles. The molecule has 0 aliphatic heterocycles. The Labute approximate surface area is 65.4 Å². The lowest BCUT2D eigenvalue weighted by molar-refractivity contribution is -0.148. The summed E-state index contributed by atoms with van der Waals surface area (Å²) in [5, 5.41) is 17.3. The minimum atomic E-state index is -0.924. The van der Waals surface area contributed by atoms with Crippen LogP contribution >= 0.6 is 0 Å². The zero-order valence-electron chi connectivity index (χ0n) is 6.57. The molecule has 0 fully saturated rings. The van der Waals surface area contributed by atoms with Crippen LogP contribution in [0.2, 0.25) is 0 Å². The van der Waals surface area contributed by atoms with E-state index in [2.05, 4.69) is 4.74 Å². The summed E-state index contributed by atoms with van der Waals surface area (Å²) < 4.78 is 4.37. The van der Waals surface area contributed by atoms with Crippen molar-refractivity contribution in [2.75, 3.05) is 7.11 Å². The third-order valence-electron chi connectivity index (χ3n) is 1.45. The lowest BCUT2D eigenvalue weighted by atomic mass is 10.0. The topological polar surface area (TPSA) is 70.3 Å². The average molecular weight is 157 g/mol. The van der Waals surface area contributed by atoms with Crippen molar-refractivity contribution in [1.29, 1.82) is 5.26 Å². The van der Waals surface area contributed by atoms with Gasteiger partial charge in [-0.05, 0) is 6.92 Å². The third kappa shape index (κ3) is 3.01. The van der Waals surface area contributed by atoms with Crippen molar-refractivity contribution in [2.24, 2.45) is 5.92 Å². The highest BCUT2D eigenvalue weighted by Crippen LogP contribution is 2.07. The van der Waals surface area contributed by atoms with Crippen LogP contribution in [0.5, 0.6) is 0 Å². The number of esters is 1. The number of hydrogen-bond donors (Lipinski definition) is 1. The predicted octanol–water partition coefficient (Wildman–Crippen LogP) is 0.0701. The molecule has 4 nitrogen and oxygen atoms in total. The zero-order chi connectivity index (χ0) is 8.85. The highest BCUT2D eigenvalue weighted by atomic mass is 16.5. The molecule has 0 rings (SSSR count). The molecule has 0 bridgehead atoms. The number of carbonyl (C=O) groups excluding carboxylic acids is 1. The first-order valence-electron chi connectivity index (χ1n) is 3.26. The predicted molar refractivity (Wildman–Crippen MR) is 37.4 cm³/mol. The van der Waals surface area contributed by atoms with Gasteiger partial charge in [0.1, 0.15) is 0 Å². The summed E-state index contributed by atoms with van der Waals surface area (Å²) in [6.07, 6.45) is -0.969. The molecule has 0 saturated carbocycles. The number of ether oxygens (including phenoxy) is 1. The molecule has 0 radical (unpaired) electrons. The van der Waals surface area contributed by atoms with Crippen LogP contribution in [0.3, 0.4) is 0 Å². The van der Waals surface area contributed by atoms with Gasteiger partial charge in [0.05, 0.1) is 31.6 Å². The summed E-state index contributed by atoms with van der Waals surface area (Å²) in [7, 11) is 1.25. The molecule has 0 aromatic heterocycles. The minimum Gasteiger partial charge on any atom is -0.469 e. The van der Waals surface area contributed by atoms with E-state index in [0.29, 0.717) is 0 Å². The van der Waals surface area contributed by atoms with Gasteiger partial charge >= 0.3 is 5.97 Å². The second-order valence-corrected chi connectivity index (χ2v) is 2.24. The monoisotopic (exact) mass is 157 g/mol. The third-order valence-corrected chi connectivity index (χ3v) is 1.45. The Morgan fingerprint density at radius 1 is 1.82 bits per heavy atom. The van der Waals surface area contributed by atoms with Gasteiger partial charge in [-0.15, -0.1) is 0 Å². The van der Waals surface area contributed by atoms with E-state index in [1.165, 1.54) is 14.0 Å². The number of methoxy groups -OCH3 is 1. The van der Waals surface area contributed by atoms with Crippen molar-refractivity contribution in [3.8, 4) is 6.07 Å². The van der Waals surface area contributed by atoms with Crippen LogP contribution in [0.15, 0.2) is 0 Å². The quantitative estimate of drug-likeness (QED) is 0.588. The second-order valence-electron chi connectivity index (χ2n) is 2.24. The van der Waals surface area contributed by atoms with Crippen LogP contribution in [-0.2, 0) is 9.53 Å². The van der Waals surface area contributed by atoms with E-state index in [4.69, 9.17) is 10.4 Å². The number of carbonyl (C=O) groups is 1. The molecule has 0 saturated heterocycles. The average Bonchev–Trinajstić information content (AvgIpc) is 2.02. The SMILES string of the molecule is COC(=O)C(C)C(O)CC#N. The highest BCUT2D eigenvalue weighted by molar-refractivity contribution is 5.72. The van der Waals surface area contributed by atoms with Gasteiger partial charge in [0.15, 0.2) is 0 Å². The van der Waals surface area contributed by atoms with Crippen molar-refractivity contribution < 1.29 is 14.6 Å². The van der Waals surface area contributed by atoms with E-state index in [0.717, 1.165) is 0 Å². The van der Waals surface area contributed by atoms with Crippen LogP contribution in [0.4, 0.5) is 0 Å². The molecule has 4 heteroatoms. The maximum Gasteiger partial charge on any atom is 0.311 e. The van der Waals surface area contributed by atoms with Crippen LogP contribution in [0, 0.1) is 17.2 Å². The van der Waals surface area contributed by atoms with Crippen LogP contribution in [-0.4, -0.2) is 24.3 Å². The Hall–Kier alpha value is -1.08. The number of nitriles is 1. The van der Waals surface area contributed by atoms with Gasteiger partial charge < -0.3 is 9.84 Å². The molecule has 0 aromatic carbocycles. The molecule has 62 valence electrons. The Morgan fingerprint density at radius 3 is 2.73 bits per heavy atom. The molecule has 0 aliphatic carbocycles. The first-order chi connectivity index (χ1) is 5.13. The van der Waals surface area contributed by atoms with Crippen molar-refractivity contribution in [1.82, 2.24) is 0 Å². The Morgan fingerprint density at radius 2 is 2.36 bits per heavy atom. The fourth-order valence-electron chi connectivity index (χ4n) is 0.613. The largest absolute Gasteiger partial charge is 0.469 e. The Balaban J connectivity index is 3.92. The van der Waals surface area contributed by atoms with E-state index < -0.39 is 18.0 Å². The number of hydrogen-bond acceptors (Lipinski definition) is 4. The van der Waals surface area contributed by atoms with Gasteiger partial charge in [-0.3, -0.25) is 4.79 Å². The van der Waals surface area contributed by atoms with Gasteiger partial charge in [0.25, 0.3) is 0 Å². The Kier molecular flexibility index (Phi) is 4.23. The maximum atomic E-state index is 10.7. The molecule has 0 amide bonds. The van der Waals surface area contributed by atoms with Crippen molar-refractivity contribution >= 4 is 5.97 Å². The highest BCUT2D eigenvalue weighted by Gasteiger charge is 2.21. The summed E-state index contributed by atoms with van der Waals surface area (Å²) in [4.78, 5) is 10.7. The number of aliphatic hydroxyl groups excluding tert-OH is 1. The summed E-state index contributed by atoms with van der Waals surface area (Å²) in [6, 6.07) is 1.77. The zero-order valence-corrected chi connectivity index (χ0v) is 6.57. The minimum absolute atomic E-state index is 0.0454. The normalized spacial score (nSPS) is 14.7. The molecule has 2 atom stereocenters. The number of rotatable bonds is 3. The van der Waals surface area contributed by atoms with Crippen LogP contribution < -0.4 is 0 Å². The summed E-state index contributed by atoms with van der Waals surface area (Å²) in [5.41, 5.74) is 0. The Bertz CT molecular complexity index is 173. The van der Waals surface area contributed by atoms with E-state index in [9.17, 15) is 4.79 Å². The number of aliphatic hydroxyl groups is 1. The number of nitrogens with zero attached hydrogens (tertiary/aromatic N) is 1. The van der Waals surface area contributed by atoms with E-state index in [1.807, 2.05) is 0 Å². The molecular formula is C7H11NO3. The fourth-order valence-corrected chi connectivity index (χ4v) is 0.613. The second kappa shape index (κ2) is 4.69. The molecule has 11 heavy (non-hydrogen) atoms. The maximum absolute atomic E-state index is 10.7. The molecule has 0 aromatic rings. The van der Waals surface area contributed by atoms with Crippen molar-refractivity contribution in [2.45, 2.75) is 19.4 Å². The first kappa shape index (κ1) is 9.92.